The third-order valence-corrected chi connectivity index (χ3v) is 3.88. The van der Waals surface area contributed by atoms with Crippen molar-refractivity contribution in [2.24, 2.45) is 0 Å². The molecule has 1 atom stereocenters. The summed E-state index contributed by atoms with van der Waals surface area (Å²) < 4.78 is 24.2. The number of nitrogens with one attached hydrogen (secondary N) is 2. The minimum absolute atomic E-state index is 0.136. The molecule has 0 bridgehead atoms. The van der Waals surface area contributed by atoms with E-state index < -0.39 is 5.82 Å². The Hall–Kier alpha value is -2.68. The van der Waals surface area contributed by atoms with Crippen LogP contribution in [-0.4, -0.2) is 53.0 Å². The highest BCUT2D eigenvalue weighted by Gasteiger charge is 2.31. The van der Waals surface area contributed by atoms with Crippen molar-refractivity contribution in [3.8, 4) is 5.75 Å². The number of halogens is 1. The molecule has 3 rings (SSSR count). The van der Waals surface area contributed by atoms with Crippen molar-refractivity contribution >= 4 is 11.7 Å². The molecule has 0 unspecified atom stereocenters. The molecule has 0 saturated carbocycles. The Labute approximate surface area is 138 Å². The maximum Gasteiger partial charge on any atom is 0.322 e. The van der Waals surface area contributed by atoms with Gasteiger partial charge in [-0.25, -0.2) is 14.2 Å². The molecule has 1 aromatic carbocycles. The maximum atomic E-state index is 13.9. The summed E-state index contributed by atoms with van der Waals surface area (Å²) in [6.45, 7) is 2.91. The molecule has 1 aliphatic rings. The van der Waals surface area contributed by atoms with Crippen LogP contribution in [-0.2, 0) is 4.74 Å². The van der Waals surface area contributed by atoms with Gasteiger partial charge >= 0.3 is 6.03 Å². The second kappa shape index (κ2) is 6.83. The van der Waals surface area contributed by atoms with Crippen LogP contribution in [0.1, 0.15) is 17.4 Å². The third-order valence-electron chi connectivity index (χ3n) is 3.88. The van der Waals surface area contributed by atoms with Crippen LogP contribution in [0.25, 0.3) is 0 Å². The van der Waals surface area contributed by atoms with Crippen molar-refractivity contribution in [3.63, 3.8) is 0 Å². The van der Waals surface area contributed by atoms with Gasteiger partial charge in [-0.05, 0) is 18.6 Å². The predicted molar refractivity (Wildman–Crippen MR) is 83.4 cm³/mol. The smallest absolute Gasteiger partial charge is 0.322 e. The number of nitrogens with zero attached hydrogens (tertiary/aromatic N) is 3. The molecule has 2 amide bonds. The van der Waals surface area contributed by atoms with Crippen molar-refractivity contribution in [1.29, 1.82) is 0 Å². The number of aromatic nitrogens is 3. The summed E-state index contributed by atoms with van der Waals surface area (Å²) in [5, 5.41) is 9.30. The summed E-state index contributed by atoms with van der Waals surface area (Å²) in [5.41, 5.74) is 1.09. The Bertz CT molecular complexity index is 722. The van der Waals surface area contributed by atoms with Gasteiger partial charge in [0.2, 0.25) is 0 Å². The van der Waals surface area contributed by atoms with E-state index in [0.717, 1.165) is 0 Å². The van der Waals surface area contributed by atoms with Crippen molar-refractivity contribution in [3.05, 3.63) is 35.7 Å². The van der Waals surface area contributed by atoms with E-state index in [0.29, 0.717) is 36.8 Å². The Morgan fingerprint density at radius 2 is 2.38 bits per heavy atom. The number of urea groups is 1. The quantitative estimate of drug-likeness (QED) is 0.893. The molecule has 1 aliphatic heterocycles. The van der Waals surface area contributed by atoms with E-state index in [1.54, 1.807) is 11.8 Å². The number of ether oxygens (including phenoxy) is 2. The van der Waals surface area contributed by atoms with Crippen molar-refractivity contribution in [1.82, 2.24) is 20.1 Å². The number of carbonyl (C=O) groups excluding carboxylic acids is 1. The number of rotatable bonds is 3. The fraction of sp³-hybridized carbons (Fsp3) is 0.400. The van der Waals surface area contributed by atoms with E-state index in [1.807, 2.05) is 0 Å². The van der Waals surface area contributed by atoms with E-state index in [2.05, 4.69) is 20.5 Å². The van der Waals surface area contributed by atoms with E-state index in [9.17, 15) is 9.18 Å². The number of anilines is 1. The molecule has 9 heteroatoms. The number of methoxy groups -OCH3 is 1. The number of morpholine rings is 1. The lowest BCUT2D eigenvalue weighted by Crippen LogP contribution is -2.46. The molecule has 2 N–H and O–H groups in total. The molecule has 8 nitrogen and oxygen atoms in total. The van der Waals surface area contributed by atoms with Crippen LogP contribution >= 0.6 is 0 Å². The van der Waals surface area contributed by atoms with E-state index in [4.69, 9.17) is 9.47 Å². The van der Waals surface area contributed by atoms with Gasteiger partial charge in [-0.1, -0.05) is 0 Å². The second-order valence-electron chi connectivity index (χ2n) is 5.39. The SMILES string of the molecule is COc1cc(C)c(NC(=O)N2CCOC[C@@H]2c2ncn[nH]2)cc1F. The van der Waals surface area contributed by atoms with Gasteiger partial charge in [0.1, 0.15) is 18.2 Å². The lowest BCUT2D eigenvalue weighted by molar-refractivity contribution is 0.0118. The summed E-state index contributed by atoms with van der Waals surface area (Å²) >= 11 is 0. The number of aromatic amines is 1. The predicted octanol–water partition coefficient (Wildman–Crippen LogP) is 1.87. The summed E-state index contributed by atoms with van der Waals surface area (Å²) in [6, 6.07) is 2.06. The molecule has 0 aliphatic carbocycles. The topological polar surface area (TPSA) is 92.4 Å². The number of carbonyl (C=O) groups is 1. The monoisotopic (exact) mass is 335 g/mol. The first-order valence-corrected chi connectivity index (χ1v) is 7.45. The standard InChI is InChI=1S/C15H18FN5O3/c1-9-5-13(23-2)10(16)6-11(9)19-15(22)21-3-4-24-7-12(21)14-17-8-18-20-14/h5-6,8,12H,3-4,7H2,1-2H3,(H,19,22)(H,17,18,20)/t12-/m1/s1. The summed E-state index contributed by atoms with van der Waals surface area (Å²) in [6.07, 6.45) is 1.38. The minimum Gasteiger partial charge on any atom is -0.494 e. The van der Waals surface area contributed by atoms with Crippen LogP contribution in [0.4, 0.5) is 14.9 Å². The summed E-state index contributed by atoms with van der Waals surface area (Å²) in [7, 11) is 1.39. The average molecular weight is 335 g/mol. The molecule has 24 heavy (non-hydrogen) atoms. The van der Waals surface area contributed by atoms with Gasteiger partial charge in [0.25, 0.3) is 0 Å². The molecule has 0 radical (unpaired) electrons. The molecule has 1 saturated heterocycles. The summed E-state index contributed by atoms with van der Waals surface area (Å²) in [5.74, 6) is 0.144. The van der Waals surface area contributed by atoms with Gasteiger partial charge in [0, 0.05) is 18.3 Å². The van der Waals surface area contributed by atoms with Crippen LogP contribution in [0.3, 0.4) is 0 Å². The number of benzene rings is 1. The highest BCUT2D eigenvalue weighted by atomic mass is 19.1. The molecule has 2 heterocycles. The van der Waals surface area contributed by atoms with Gasteiger partial charge in [0.15, 0.2) is 11.6 Å². The fourth-order valence-electron chi connectivity index (χ4n) is 2.58. The van der Waals surface area contributed by atoms with Gasteiger partial charge < -0.3 is 19.7 Å². The zero-order valence-electron chi connectivity index (χ0n) is 13.4. The van der Waals surface area contributed by atoms with Gasteiger partial charge in [-0.3, -0.25) is 5.10 Å². The first kappa shape index (κ1) is 16.2. The lowest BCUT2D eigenvalue weighted by Gasteiger charge is -2.34. The Morgan fingerprint density at radius 1 is 1.54 bits per heavy atom. The van der Waals surface area contributed by atoms with Crippen molar-refractivity contribution in [2.75, 3.05) is 32.2 Å². The minimum atomic E-state index is -0.535. The number of hydrogen-bond donors (Lipinski definition) is 2. The first-order chi connectivity index (χ1) is 11.6. The van der Waals surface area contributed by atoms with E-state index in [1.165, 1.54) is 25.6 Å². The molecular formula is C15H18FN5O3. The number of hydrogen-bond acceptors (Lipinski definition) is 5. The first-order valence-electron chi connectivity index (χ1n) is 7.45. The summed E-state index contributed by atoms with van der Waals surface area (Å²) in [4.78, 5) is 18.3. The highest BCUT2D eigenvalue weighted by Crippen LogP contribution is 2.27. The molecular weight excluding hydrogens is 317 g/mol. The largest absolute Gasteiger partial charge is 0.494 e. The third kappa shape index (κ3) is 3.16. The lowest BCUT2D eigenvalue weighted by atomic mass is 10.1. The molecule has 1 aromatic heterocycles. The number of aryl methyl sites for hydroxylation is 1. The Kier molecular flexibility index (Phi) is 4.61. The highest BCUT2D eigenvalue weighted by molar-refractivity contribution is 5.90. The van der Waals surface area contributed by atoms with Crippen LogP contribution in [0.5, 0.6) is 5.75 Å². The number of H-pyrrole nitrogens is 1. The van der Waals surface area contributed by atoms with Crippen molar-refractivity contribution < 1.29 is 18.7 Å². The zero-order valence-corrected chi connectivity index (χ0v) is 13.4. The van der Waals surface area contributed by atoms with Gasteiger partial charge in [-0.15, -0.1) is 0 Å². The molecule has 1 fully saturated rings. The Balaban J connectivity index is 1.79. The maximum absolute atomic E-state index is 13.9. The molecule has 0 spiro atoms. The van der Waals surface area contributed by atoms with Crippen LogP contribution < -0.4 is 10.1 Å². The van der Waals surface area contributed by atoms with Gasteiger partial charge in [0.05, 0.1) is 20.3 Å². The second-order valence-corrected chi connectivity index (χ2v) is 5.39. The normalized spacial score (nSPS) is 17.6. The molecule has 128 valence electrons. The average Bonchev–Trinajstić information content (AvgIpc) is 3.12. The zero-order chi connectivity index (χ0) is 17.1. The van der Waals surface area contributed by atoms with Crippen LogP contribution in [0.2, 0.25) is 0 Å². The van der Waals surface area contributed by atoms with E-state index >= 15 is 0 Å². The van der Waals surface area contributed by atoms with Crippen molar-refractivity contribution in [2.45, 2.75) is 13.0 Å². The van der Waals surface area contributed by atoms with Crippen LogP contribution in [0.15, 0.2) is 18.5 Å². The van der Waals surface area contributed by atoms with Crippen LogP contribution in [0, 0.1) is 12.7 Å². The fourth-order valence-corrected chi connectivity index (χ4v) is 2.58. The number of amides is 2. The van der Waals surface area contributed by atoms with Gasteiger partial charge in [-0.2, -0.15) is 5.10 Å². The van der Waals surface area contributed by atoms with E-state index in [-0.39, 0.29) is 17.8 Å². The Morgan fingerprint density at radius 3 is 3.08 bits per heavy atom. The molecule has 2 aromatic rings.